The number of carbonyl (C=O) groups is 2. The van der Waals surface area contributed by atoms with E-state index >= 15 is 0 Å². The molecular formula is C20H26F3NO3. The van der Waals surface area contributed by atoms with Crippen molar-refractivity contribution in [3.05, 3.63) is 29.6 Å². The van der Waals surface area contributed by atoms with Crippen LogP contribution in [0, 0.1) is 34.7 Å². The minimum absolute atomic E-state index is 0.191. The van der Waals surface area contributed by atoms with E-state index in [-0.39, 0.29) is 11.3 Å². The smallest absolute Gasteiger partial charge is 0.309 e. The van der Waals surface area contributed by atoms with Crippen molar-refractivity contribution in [2.24, 2.45) is 17.3 Å². The number of hydrogen-bond donors (Lipinski definition) is 1. The summed E-state index contributed by atoms with van der Waals surface area (Å²) in [6, 6.07) is 1.62. The summed E-state index contributed by atoms with van der Waals surface area (Å²) in [5, 5.41) is 2.12. The van der Waals surface area contributed by atoms with E-state index in [2.05, 4.69) is 26.1 Å². The quantitative estimate of drug-likeness (QED) is 0.597. The average molecular weight is 385 g/mol. The molecule has 0 spiro atoms. The fraction of sp³-hybridized carbons (Fsp3) is 0.600. The fourth-order valence-electron chi connectivity index (χ4n) is 3.38. The second kappa shape index (κ2) is 8.31. The maximum atomic E-state index is 13.6. The number of carbonyl (C=O) groups excluding carboxylic acids is 2. The Morgan fingerprint density at radius 3 is 2.22 bits per heavy atom. The zero-order chi connectivity index (χ0) is 20.4. The van der Waals surface area contributed by atoms with E-state index in [0.717, 1.165) is 18.9 Å². The van der Waals surface area contributed by atoms with Gasteiger partial charge in [-0.05, 0) is 56.1 Å². The molecule has 0 unspecified atom stereocenters. The molecule has 0 aromatic heterocycles. The number of halogens is 3. The zero-order valence-electron chi connectivity index (χ0n) is 16.1. The first kappa shape index (κ1) is 21.3. The second-order valence-corrected chi connectivity index (χ2v) is 8.21. The summed E-state index contributed by atoms with van der Waals surface area (Å²) in [7, 11) is 0. The molecule has 1 N–H and O–H groups in total. The third-order valence-electron chi connectivity index (χ3n) is 5.24. The molecule has 27 heavy (non-hydrogen) atoms. The van der Waals surface area contributed by atoms with Crippen LogP contribution < -0.4 is 5.32 Å². The number of esters is 1. The van der Waals surface area contributed by atoms with Gasteiger partial charge < -0.3 is 10.1 Å². The van der Waals surface area contributed by atoms with Crippen molar-refractivity contribution in [3.8, 4) is 0 Å². The fourth-order valence-corrected chi connectivity index (χ4v) is 3.38. The number of amides is 1. The monoisotopic (exact) mass is 385 g/mol. The normalized spacial score (nSPS) is 21.4. The highest BCUT2D eigenvalue weighted by Gasteiger charge is 2.34. The van der Waals surface area contributed by atoms with E-state index < -0.39 is 41.1 Å². The molecule has 1 amide bonds. The molecule has 1 saturated carbocycles. The van der Waals surface area contributed by atoms with Crippen molar-refractivity contribution < 1.29 is 27.5 Å². The van der Waals surface area contributed by atoms with Crippen molar-refractivity contribution >= 4 is 17.6 Å². The highest BCUT2D eigenvalue weighted by atomic mass is 19.2. The first-order valence-corrected chi connectivity index (χ1v) is 9.15. The predicted octanol–water partition coefficient (Wildman–Crippen LogP) is 4.83. The summed E-state index contributed by atoms with van der Waals surface area (Å²) < 4.78 is 45.0. The number of rotatable bonds is 4. The Labute approximate surface area is 157 Å². The third-order valence-corrected chi connectivity index (χ3v) is 5.24. The summed E-state index contributed by atoms with van der Waals surface area (Å²) in [6.45, 7) is 7.90. The Kier molecular flexibility index (Phi) is 6.54. The standard InChI is InChI=1S/C20H26F3NO3/c1-11(18(25)24-15-10-9-14(21)16(22)17(15)23)27-19(26)12-5-7-13(8-6-12)20(2,3)4/h9-13H,5-8H2,1-4H3,(H,24,25)/t11-,12?,13?/m0/s1. The van der Waals surface area contributed by atoms with Crippen molar-refractivity contribution in [1.82, 2.24) is 0 Å². The van der Waals surface area contributed by atoms with E-state index in [4.69, 9.17) is 4.74 Å². The van der Waals surface area contributed by atoms with Gasteiger partial charge in [0.15, 0.2) is 23.6 Å². The Hall–Kier alpha value is -2.05. The highest BCUT2D eigenvalue weighted by Crippen LogP contribution is 2.40. The molecular weight excluding hydrogens is 359 g/mol. The molecule has 0 saturated heterocycles. The average Bonchev–Trinajstić information content (AvgIpc) is 2.61. The van der Waals surface area contributed by atoms with Gasteiger partial charge in [0, 0.05) is 0 Å². The van der Waals surface area contributed by atoms with Gasteiger partial charge in [-0.25, -0.2) is 13.2 Å². The number of hydrogen-bond acceptors (Lipinski definition) is 3. The SMILES string of the molecule is C[C@H](OC(=O)C1CCC(C(C)(C)C)CC1)C(=O)Nc1ccc(F)c(F)c1F. The van der Waals surface area contributed by atoms with Crippen LogP contribution in [0.25, 0.3) is 0 Å². The van der Waals surface area contributed by atoms with E-state index in [1.807, 2.05) is 0 Å². The molecule has 2 rings (SSSR count). The van der Waals surface area contributed by atoms with Gasteiger partial charge in [0.05, 0.1) is 11.6 Å². The molecule has 0 aliphatic heterocycles. The minimum Gasteiger partial charge on any atom is -0.452 e. The summed E-state index contributed by atoms with van der Waals surface area (Å²) in [5.74, 6) is -5.52. The third kappa shape index (κ3) is 5.23. The Morgan fingerprint density at radius 1 is 1.07 bits per heavy atom. The molecule has 1 aliphatic rings. The van der Waals surface area contributed by atoms with Crippen LogP contribution in [0.4, 0.5) is 18.9 Å². The van der Waals surface area contributed by atoms with Gasteiger partial charge in [-0.1, -0.05) is 20.8 Å². The first-order valence-electron chi connectivity index (χ1n) is 9.15. The lowest BCUT2D eigenvalue weighted by Crippen LogP contribution is -2.35. The highest BCUT2D eigenvalue weighted by molar-refractivity contribution is 5.95. The van der Waals surface area contributed by atoms with Gasteiger partial charge >= 0.3 is 5.97 Å². The largest absolute Gasteiger partial charge is 0.452 e. The number of nitrogens with one attached hydrogen (secondary N) is 1. The topological polar surface area (TPSA) is 55.4 Å². The predicted molar refractivity (Wildman–Crippen MR) is 95.4 cm³/mol. The van der Waals surface area contributed by atoms with Crippen LogP contribution in [-0.2, 0) is 14.3 Å². The molecule has 7 heteroatoms. The van der Waals surface area contributed by atoms with E-state index in [0.29, 0.717) is 24.8 Å². The van der Waals surface area contributed by atoms with E-state index in [1.165, 1.54) is 6.92 Å². The maximum Gasteiger partial charge on any atom is 0.309 e. The molecule has 1 fully saturated rings. The molecule has 4 nitrogen and oxygen atoms in total. The van der Waals surface area contributed by atoms with Gasteiger partial charge in [-0.3, -0.25) is 9.59 Å². The zero-order valence-corrected chi connectivity index (χ0v) is 16.1. The summed E-state index contributed by atoms with van der Waals surface area (Å²) in [4.78, 5) is 24.4. The van der Waals surface area contributed by atoms with Crippen molar-refractivity contribution in [1.29, 1.82) is 0 Å². The van der Waals surface area contributed by atoms with Crippen LogP contribution in [0.1, 0.15) is 53.4 Å². The van der Waals surface area contributed by atoms with Crippen molar-refractivity contribution in [2.45, 2.75) is 59.5 Å². The Morgan fingerprint density at radius 2 is 1.67 bits per heavy atom. The minimum atomic E-state index is -1.67. The molecule has 1 aromatic rings. The summed E-state index contributed by atoms with van der Waals surface area (Å²) in [5.41, 5.74) is -0.316. The van der Waals surface area contributed by atoms with Crippen LogP contribution in [0.15, 0.2) is 12.1 Å². The molecule has 1 aliphatic carbocycles. The summed E-state index contributed by atoms with van der Waals surface area (Å²) in [6.07, 6.45) is 2.07. The molecule has 0 heterocycles. The molecule has 1 atom stereocenters. The van der Waals surface area contributed by atoms with Gasteiger partial charge in [0.2, 0.25) is 0 Å². The van der Waals surface area contributed by atoms with Crippen LogP contribution in [0.5, 0.6) is 0 Å². The first-order chi connectivity index (χ1) is 12.5. The van der Waals surface area contributed by atoms with Crippen LogP contribution in [0.2, 0.25) is 0 Å². The van der Waals surface area contributed by atoms with Gasteiger partial charge in [-0.15, -0.1) is 0 Å². The summed E-state index contributed by atoms with van der Waals surface area (Å²) >= 11 is 0. The van der Waals surface area contributed by atoms with Gasteiger partial charge in [0.25, 0.3) is 5.91 Å². The number of benzene rings is 1. The molecule has 0 bridgehead atoms. The van der Waals surface area contributed by atoms with Crippen LogP contribution in [-0.4, -0.2) is 18.0 Å². The van der Waals surface area contributed by atoms with E-state index in [9.17, 15) is 22.8 Å². The van der Waals surface area contributed by atoms with Crippen LogP contribution >= 0.6 is 0 Å². The lowest BCUT2D eigenvalue weighted by Gasteiger charge is -2.36. The number of ether oxygens (including phenoxy) is 1. The Balaban J connectivity index is 1.89. The maximum absolute atomic E-state index is 13.6. The number of anilines is 1. The lowest BCUT2D eigenvalue weighted by molar-refractivity contribution is -0.158. The molecule has 0 radical (unpaired) electrons. The second-order valence-electron chi connectivity index (χ2n) is 8.21. The van der Waals surface area contributed by atoms with Crippen molar-refractivity contribution in [2.75, 3.05) is 5.32 Å². The van der Waals surface area contributed by atoms with E-state index in [1.54, 1.807) is 0 Å². The van der Waals surface area contributed by atoms with Crippen molar-refractivity contribution in [3.63, 3.8) is 0 Å². The van der Waals surface area contributed by atoms with Gasteiger partial charge in [0.1, 0.15) is 0 Å². The van der Waals surface area contributed by atoms with Gasteiger partial charge in [-0.2, -0.15) is 0 Å². The van der Waals surface area contributed by atoms with Crippen LogP contribution in [0.3, 0.4) is 0 Å². The lowest BCUT2D eigenvalue weighted by atomic mass is 9.70. The Bertz CT molecular complexity index is 707. The molecule has 150 valence electrons. The molecule has 1 aromatic carbocycles.